The Morgan fingerprint density at radius 1 is 0.923 bits per heavy atom. The fraction of sp³-hybridized carbons (Fsp3) is 1.00. The molecule has 1 aliphatic rings. The fourth-order valence-corrected chi connectivity index (χ4v) is 2.17. The number of ether oxygens (including phenoxy) is 1. The minimum atomic E-state index is 0.0104. The van der Waals surface area contributed by atoms with E-state index in [1.54, 1.807) is 0 Å². The van der Waals surface area contributed by atoms with E-state index in [9.17, 15) is 0 Å². The Hall–Kier alpha value is -0.0800. The summed E-state index contributed by atoms with van der Waals surface area (Å²) < 4.78 is 5.89. The highest BCUT2D eigenvalue weighted by Gasteiger charge is 2.36. The van der Waals surface area contributed by atoms with Gasteiger partial charge >= 0.3 is 0 Å². The van der Waals surface area contributed by atoms with Gasteiger partial charge in [-0.2, -0.15) is 0 Å². The molecule has 0 amide bonds. The molecule has 80 valence electrons. The minimum Gasteiger partial charge on any atom is -0.367 e. The summed E-state index contributed by atoms with van der Waals surface area (Å²) in [6.45, 7) is 14.6. The maximum Gasteiger partial charge on any atom is 0.0760 e. The van der Waals surface area contributed by atoms with Gasteiger partial charge in [-0.05, 0) is 34.7 Å². The first kappa shape index (κ1) is 12.9. The normalized spacial score (nSPS) is 26.1. The van der Waals surface area contributed by atoms with Crippen LogP contribution in [0.25, 0.3) is 0 Å². The highest BCUT2D eigenvalue weighted by atomic mass is 16.5. The van der Waals surface area contributed by atoms with Crippen LogP contribution in [0.3, 0.4) is 0 Å². The van der Waals surface area contributed by atoms with Gasteiger partial charge in [-0.25, -0.2) is 0 Å². The molecule has 1 fully saturated rings. The molecule has 2 nitrogen and oxygen atoms in total. The SMILES string of the molecule is CC.CN1CC(C)(C)OC(C)(C)C1. The van der Waals surface area contributed by atoms with Gasteiger partial charge in [0.05, 0.1) is 11.2 Å². The second-order valence-corrected chi connectivity index (χ2v) is 4.79. The third-order valence-corrected chi connectivity index (χ3v) is 1.85. The Labute approximate surface area is 83.3 Å². The van der Waals surface area contributed by atoms with E-state index in [0.717, 1.165) is 13.1 Å². The van der Waals surface area contributed by atoms with Gasteiger partial charge in [-0.1, -0.05) is 13.8 Å². The van der Waals surface area contributed by atoms with Crippen LogP contribution >= 0.6 is 0 Å². The van der Waals surface area contributed by atoms with Gasteiger partial charge in [0.1, 0.15) is 0 Å². The average molecular weight is 187 g/mol. The zero-order valence-corrected chi connectivity index (χ0v) is 10.3. The van der Waals surface area contributed by atoms with Crippen LogP contribution in [-0.2, 0) is 4.74 Å². The van der Waals surface area contributed by atoms with Gasteiger partial charge < -0.3 is 9.64 Å². The monoisotopic (exact) mass is 187 g/mol. The molecule has 2 heteroatoms. The Bertz CT molecular complexity index is 136. The summed E-state index contributed by atoms with van der Waals surface area (Å²) in [6, 6.07) is 0. The second kappa shape index (κ2) is 4.43. The molecule has 0 bridgehead atoms. The molecule has 0 aromatic carbocycles. The van der Waals surface area contributed by atoms with E-state index in [4.69, 9.17) is 4.74 Å². The van der Waals surface area contributed by atoms with Gasteiger partial charge in [-0.15, -0.1) is 0 Å². The first-order valence-corrected chi connectivity index (χ1v) is 5.20. The molecule has 0 aliphatic carbocycles. The maximum absolute atomic E-state index is 5.89. The van der Waals surface area contributed by atoms with Gasteiger partial charge in [0.2, 0.25) is 0 Å². The molecular formula is C11H25NO. The van der Waals surface area contributed by atoms with Gasteiger partial charge in [0.15, 0.2) is 0 Å². The summed E-state index contributed by atoms with van der Waals surface area (Å²) in [5.41, 5.74) is 0.0208. The quantitative estimate of drug-likeness (QED) is 0.578. The molecule has 0 N–H and O–H groups in total. The number of nitrogens with zero attached hydrogens (tertiary/aromatic N) is 1. The number of hydrogen-bond donors (Lipinski definition) is 0. The van der Waals surface area contributed by atoms with Crippen molar-refractivity contribution in [2.75, 3.05) is 20.1 Å². The van der Waals surface area contributed by atoms with Crippen molar-refractivity contribution in [2.24, 2.45) is 0 Å². The van der Waals surface area contributed by atoms with Crippen molar-refractivity contribution in [3.8, 4) is 0 Å². The van der Waals surface area contributed by atoms with Crippen LogP contribution < -0.4 is 0 Å². The van der Waals surface area contributed by atoms with Crippen LogP contribution in [0.5, 0.6) is 0 Å². The molecule has 13 heavy (non-hydrogen) atoms. The molecule has 1 heterocycles. The molecule has 0 aromatic heterocycles. The lowest BCUT2D eigenvalue weighted by molar-refractivity contribution is -0.175. The third kappa shape index (κ3) is 4.63. The van der Waals surface area contributed by atoms with E-state index in [1.165, 1.54) is 0 Å². The van der Waals surface area contributed by atoms with E-state index in [1.807, 2.05) is 13.8 Å². The highest BCUT2D eigenvalue weighted by molar-refractivity contribution is 4.87. The van der Waals surface area contributed by atoms with Crippen LogP contribution in [-0.4, -0.2) is 36.2 Å². The second-order valence-electron chi connectivity index (χ2n) is 4.79. The first-order valence-electron chi connectivity index (χ1n) is 5.20. The summed E-state index contributed by atoms with van der Waals surface area (Å²) in [7, 11) is 2.14. The van der Waals surface area contributed by atoms with Crippen molar-refractivity contribution in [1.82, 2.24) is 4.90 Å². The smallest absolute Gasteiger partial charge is 0.0760 e. The largest absolute Gasteiger partial charge is 0.367 e. The third-order valence-electron chi connectivity index (χ3n) is 1.85. The van der Waals surface area contributed by atoms with E-state index in [2.05, 4.69) is 39.6 Å². The predicted octanol–water partition coefficient (Wildman–Crippen LogP) is 2.53. The Balaban J connectivity index is 0.000000671. The summed E-state index contributed by atoms with van der Waals surface area (Å²) in [6.07, 6.45) is 0. The van der Waals surface area contributed by atoms with Crippen molar-refractivity contribution >= 4 is 0 Å². The number of hydrogen-bond acceptors (Lipinski definition) is 2. The molecule has 1 saturated heterocycles. The molecule has 0 aromatic rings. The van der Waals surface area contributed by atoms with Gasteiger partial charge in [0, 0.05) is 13.1 Å². The summed E-state index contributed by atoms with van der Waals surface area (Å²) in [5, 5.41) is 0. The molecule has 0 atom stereocenters. The highest BCUT2D eigenvalue weighted by Crippen LogP contribution is 2.26. The van der Waals surface area contributed by atoms with Crippen molar-refractivity contribution in [3.63, 3.8) is 0 Å². The van der Waals surface area contributed by atoms with Gasteiger partial charge in [-0.3, -0.25) is 0 Å². The molecule has 0 radical (unpaired) electrons. The lowest BCUT2D eigenvalue weighted by atomic mass is 10.00. The van der Waals surface area contributed by atoms with Crippen molar-refractivity contribution in [1.29, 1.82) is 0 Å². The minimum absolute atomic E-state index is 0.0104. The van der Waals surface area contributed by atoms with Gasteiger partial charge in [0.25, 0.3) is 0 Å². The molecule has 1 aliphatic heterocycles. The summed E-state index contributed by atoms with van der Waals surface area (Å²) >= 11 is 0. The zero-order valence-electron chi connectivity index (χ0n) is 10.3. The lowest BCUT2D eigenvalue weighted by Gasteiger charge is -2.45. The number of likely N-dealkylation sites (N-methyl/N-ethyl adjacent to an activating group) is 1. The maximum atomic E-state index is 5.89. The standard InChI is InChI=1S/C9H19NO.C2H6/c1-8(2)6-10(5)7-9(3,4)11-8;1-2/h6-7H2,1-5H3;1-2H3. The Kier molecular flexibility index (Phi) is 4.40. The Morgan fingerprint density at radius 2 is 1.23 bits per heavy atom. The first-order chi connectivity index (χ1) is 5.81. The summed E-state index contributed by atoms with van der Waals surface area (Å²) in [4.78, 5) is 2.32. The van der Waals surface area contributed by atoms with E-state index in [-0.39, 0.29) is 11.2 Å². The summed E-state index contributed by atoms with van der Waals surface area (Å²) in [5.74, 6) is 0. The van der Waals surface area contributed by atoms with Crippen LogP contribution in [0.1, 0.15) is 41.5 Å². The molecule has 0 unspecified atom stereocenters. The topological polar surface area (TPSA) is 12.5 Å². The van der Waals surface area contributed by atoms with E-state index >= 15 is 0 Å². The number of rotatable bonds is 0. The Morgan fingerprint density at radius 3 is 1.46 bits per heavy atom. The molecular weight excluding hydrogens is 162 g/mol. The van der Waals surface area contributed by atoms with E-state index in [0.29, 0.717) is 0 Å². The fourth-order valence-electron chi connectivity index (χ4n) is 2.17. The van der Waals surface area contributed by atoms with Crippen molar-refractivity contribution < 1.29 is 4.74 Å². The lowest BCUT2D eigenvalue weighted by Crippen LogP contribution is -2.55. The number of morpholine rings is 1. The van der Waals surface area contributed by atoms with Crippen LogP contribution in [0.2, 0.25) is 0 Å². The molecule has 1 rings (SSSR count). The van der Waals surface area contributed by atoms with Crippen molar-refractivity contribution in [2.45, 2.75) is 52.7 Å². The average Bonchev–Trinajstić information content (AvgIpc) is 1.82. The predicted molar refractivity (Wildman–Crippen MR) is 58.1 cm³/mol. The molecule has 0 spiro atoms. The van der Waals surface area contributed by atoms with Crippen LogP contribution in [0.4, 0.5) is 0 Å². The van der Waals surface area contributed by atoms with E-state index < -0.39 is 0 Å². The van der Waals surface area contributed by atoms with Crippen LogP contribution in [0, 0.1) is 0 Å². The molecule has 0 saturated carbocycles. The zero-order chi connectivity index (χ0) is 10.7. The van der Waals surface area contributed by atoms with Crippen LogP contribution in [0.15, 0.2) is 0 Å². The van der Waals surface area contributed by atoms with Crippen molar-refractivity contribution in [3.05, 3.63) is 0 Å².